The van der Waals surface area contributed by atoms with Crippen LogP contribution in [0.3, 0.4) is 0 Å². The van der Waals surface area contributed by atoms with E-state index in [9.17, 15) is 4.79 Å². The number of amides is 1. The Morgan fingerprint density at radius 2 is 1.78 bits per heavy atom. The number of hydrogen-bond acceptors (Lipinski definition) is 7. The molecule has 0 radical (unpaired) electrons. The minimum Gasteiger partial charge on any atom is -0.368 e. The average molecular weight is 401 g/mol. The number of carbonyl (C=O) groups is 1. The molecule has 1 aliphatic heterocycles. The van der Waals surface area contributed by atoms with Crippen molar-refractivity contribution in [2.75, 3.05) is 41.3 Å². The molecule has 1 amide bonds. The van der Waals surface area contributed by atoms with Crippen molar-refractivity contribution in [3.8, 4) is 0 Å². The van der Waals surface area contributed by atoms with Crippen molar-refractivity contribution in [2.45, 2.75) is 0 Å². The minimum atomic E-state index is -0.238. The number of nitrogens with one attached hydrogen (secondary N) is 1. The molecule has 0 spiro atoms. The van der Waals surface area contributed by atoms with Crippen molar-refractivity contribution in [1.29, 1.82) is 0 Å². The van der Waals surface area contributed by atoms with E-state index in [1.807, 2.05) is 30.3 Å². The number of piperazine rings is 1. The number of carbonyl (C=O) groups excluding carboxylic acids is 1. The quantitative estimate of drug-likeness (QED) is 0.725. The molecule has 0 aliphatic carbocycles. The summed E-state index contributed by atoms with van der Waals surface area (Å²) < 4.78 is 0. The highest BCUT2D eigenvalue weighted by Crippen LogP contribution is 2.21. The molecule has 138 valence electrons. The molecule has 0 saturated carbocycles. The van der Waals surface area contributed by atoms with Crippen molar-refractivity contribution in [3.63, 3.8) is 0 Å². The number of hydrogen-bond donors (Lipinski definition) is 1. The molecule has 1 fully saturated rings. The molecule has 3 aromatic rings. The highest BCUT2D eigenvalue weighted by Gasteiger charge is 2.19. The molecular weight excluding hydrogens is 384 g/mol. The third-order valence-electron chi connectivity index (χ3n) is 4.39. The van der Waals surface area contributed by atoms with Gasteiger partial charge in [-0.2, -0.15) is 0 Å². The van der Waals surface area contributed by atoms with Crippen LogP contribution in [-0.2, 0) is 0 Å². The summed E-state index contributed by atoms with van der Waals surface area (Å²) in [6, 6.07) is 11.6. The van der Waals surface area contributed by atoms with Crippen molar-refractivity contribution < 1.29 is 4.79 Å². The Labute approximate surface area is 165 Å². The van der Waals surface area contributed by atoms with Crippen LogP contribution in [0.4, 0.5) is 16.6 Å². The van der Waals surface area contributed by atoms with Gasteiger partial charge in [0.1, 0.15) is 11.3 Å². The maximum atomic E-state index is 12.2. The Hall–Kier alpha value is -2.71. The fraction of sp³-hybridized carbons (Fsp3) is 0.222. The van der Waals surface area contributed by atoms with Crippen molar-refractivity contribution >= 4 is 45.5 Å². The lowest BCUT2D eigenvalue weighted by Crippen LogP contribution is -2.46. The molecule has 1 aromatic carbocycles. The summed E-state index contributed by atoms with van der Waals surface area (Å²) in [5.74, 6) is 0.636. The van der Waals surface area contributed by atoms with Gasteiger partial charge >= 0.3 is 0 Å². The van der Waals surface area contributed by atoms with Crippen LogP contribution in [-0.4, -0.2) is 47.3 Å². The monoisotopic (exact) mass is 400 g/mol. The molecule has 27 heavy (non-hydrogen) atoms. The summed E-state index contributed by atoms with van der Waals surface area (Å²) in [6.07, 6.45) is 1.59. The van der Waals surface area contributed by atoms with E-state index in [2.05, 4.69) is 30.3 Å². The molecule has 7 nitrogen and oxygen atoms in total. The third kappa shape index (κ3) is 4.17. The molecule has 4 rings (SSSR count). The highest BCUT2D eigenvalue weighted by atomic mass is 35.5. The zero-order chi connectivity index (χ0) is 18.6. The smallest absolute Gasteiger partial charge is 0.259 e. The Morgan fingerprint density at radius 1 is 1.04 bits per heavy atom. The zero-order valence-electron chi connectivity index (χ0n) is 14.4. The average Bonchev–Trinajstić information content (AvgIpc) is 3.22. The van der Waals surface area contributed by atoms with Crippen LogP contribution < -0.4 is 15.1 Å². The number of aromatic nitrogens is 3. The molecule has 1 saturated heterocycles. The number of benzene rings is 1. The van der Waals surface area contributed by atoms with Gasteiger partial charge in [-0.05, 0) is 36.4 Å². The van der Waals surface area contributed by atoms with E-state index >= 15 is 0 Å². The topological polar surface area (TPSA) is 74.2 Å². The van der Waals surface area contributed by atoms with Gasteiger partial charge < -0.3 is 9.80 Å². The lowest BCUT2D eigenvalue weighted by atomic mass is 10.2. The van der Waals surface area contributed by atoms with Gasteiger partial charge in [-0.1, -0.05) is 22.9 Å². The Kier molecular flexibility index (Phi) is 5.17. The predicted molar refractivity (Wildman–Crippen MR) is 108 cm³/mol. The molecule has 1 aliphatic rings. The van der Waals surface area contributed by atoms with E-state index in [1.165, 1.54) is 17.0 Å². The van der Waals surface area contributed by atoms with Gasteiger partial charge in [0.05, 0.1) is 5.56 Å². The molecule has 0 bridgehead atoms. The van der Waals surface area contributed by atoms with E-state index in [1.54, 1.807) is 17.8 Å². The molecule has 0 atom stereocenters. The first-order valence-corrected chi connectivity index (χ1v) is 9.74. The van der Waals surface area contributed by atoms with Crippen LogP contribution >= 0.6 is 22.9 Å². The number of pyridine rings is 1. The van der Waals surface area contributed by atoms with Gasteiger partial charge in [0.2, 0.25) is 5.13 Å². The van der Waals surface area contributed by atoms with Crippen LogP contribution in [0.25, 0.3) is 0 Å². The number of rotatable bonds is 4. The summed E-state index contributed by atoms with van der Waals surface area (Å²) in [4.78, 5) is 21.2. The normalized spacial score (nSPS) is 14.3. The molecule has 0 unspecified atom stereocenters. The fourth-order valence-corrected chi connectivity index (χ4v) is 3.52. The van der Waals surface area contributed by atoms with Crippen LogP contribution in [0.5, 0.6) is 0 Å². The second-order valence-electron chi connectivity index (χ2n) is 6.05. The summed E-state index contributed by atoms with van der Waals surface area (Å²) in [5.41, 5.74) is 3.24. The molecular formula is C18H17ClN6OS. The van der Waals surface area contributed by atoms with Crippen LogP contribution in [0, 0.1) is 0 Å². The van der Waals surface area contributed by atoms with Gasteiger partial charge in [-0.3, -0.25) is 10.1 Å². The van der Waals surface area contributed by atoms with Gasteiger partial charge in [0.15, 0.2) is 0 Å². The number of nitrogens with zero attached hydrogens (tertiary/aromatic N) is 5. The van der Waals surface area contributed by atoms with Crippen molar-refractivity contribution in [3.05, 3.63) is 58.7 Å². The second kappa shape index (κ2) is 7.89. The minimum absolute atomic E-state index is 0.238. The number of halogens is 1. The Morgan fingerprint density at radius 3 is 2.41 bits per heavy atom. The summed E-state index contributed by atoms with van der Waals surface area (Å²) in [6.45, 7) is 3.54. The first-order chi connectivity index (χ1) is 13.2. The van der Waals surface area contributed by atoms with E-state index in [-0.39, 0.29) is 5.91 Å². The Balaban J connectivity index is 1.36. The largest absolute Gasteiger partial charge is 0.368 e. The standard InChI is InChI=1S/C18H17ClN6OS/c19-14-2-4-15(5-3-14)24-7-9-25(10-8-24)16-6-1-13(11-20-16)17(26)22-18-23-21-12-27-18/h1-6,11-12H,7-10H2,(H,22,23,26). The predicted octanol–water partition coefficient (Wildman–Crippen LogP) is 3.17. The van der Waals surface area contributed by atoms with E-state index in [4.69, 9.17) is 11.6 Å². The summed E-state index contributed by atoms with van der Waals surface area (Å²) in [7, 11) is 0. The molecule has 2 aromatic heterocycles. The lowest BCUT2D eigenvalue weighted by Gasteiger charge is -2.36. The molecule has 9 heteroatoms. The lowest BCUT2D eigenvalue weighted by molar-refractivity contribution is 0.102. The third-order valence-corrected chi connectivity index (χ3v) is 5.24. The van der Waals surface area contributed by atoms with E-state index < -0.39 is 0 Å². The van der Waals surface area contributed by atoms with Gasteiger partial charge in [-0.15, -0.1) is 10.2 Å². The first-order valence-electron chi connectivity index (χ1n) is 8.48. The van der Waals surface area contributed by atoms with Gasteiger partial charge in [0.25, 0.3) is 5.91 Å². The van der Waals surface area contributed by atoms with Crippen LogP contribution in [0.2, 0.25) is 5.02 Å². The number of anilines is 3. The van der Waals surface area contributed by atoms with Crippen LogP contribution in [0.1, 0.15) is 10.4 Å². The Bertz CT molecular complexity index is 893. The van der Waals surface area contributed by atoms with Crippen molar-refractivity contribution in [1.82, 2.24) is 15.2 Å². The van der Waals surface area contributed by atoms with Gasteiger partial charge in [0, 0.05) is 43.1 Å². The zero-order valence-corrected chi connectivity index (χ0v) is 16.0. The van der Waals surface area contributed by atoms with Crippen LogP contribution in [0.15, 0.2) is 48.1 Å². The summed E-state index contributed by atoms with van der Waals surface area (Å²) >= 11 is 7.23. The molecule has 1 N–H and O–H groups in total. The van der Waals surface area contributed by atoms with Crippen molar-refractivity contribution in [2.24, 2.45) is 0 Å². The first kappa shape index (κ1) is 17.7. The maximum absolute atomic E-state index is 12.2. The fourth-order valence-electron chi connectivity index (χ4n) is 2.95. The van der Waals surface area contributed by atoms with E-state index in [0.29, 0.717) is 10.7 Å². The SMILES string of the molecule is O=C(Nc1nncs1)c1ccc(N2CCN(c3ccc(Cl)cc3)CC2)nc1. The maximum Gasteiger partial charge on any atom is 0.259 e. The van der Waals surface area contributed by atoms with Gasteiger partial charge in [-0.25, -0.2) is 4.98 Å². The van der Waals surface area contributed by atoms with E-state index in [0.717, 1.165) is 37.0 Å². The molecule has 3 heterocycles. The summed E-state index contributed by atoms with van der Waals surface area (Å²) in [5, 5.41) is 11.4. The highest BCUT2D eigenvalue weighted by molar-refractivity contribution is 7.13. The second-order valence-corrected chi connectivity index (χ2v) is 7.32.